The van der Waals surface area contributed by atoms with E-state index in [0.29, 0.717) is 16.3 Å². The summed E-state index contributed by atoms with van der Waals surface area (Å²) in [6.07, 6.45) is 2.94. The Balaban J connectivity index is 2.67. The van der Waals surface area contributed by atoms with E-state index in [9.17, 15) is 4.79 Å². The maximum Gasteiger partial charge on any atom is 0.336 e. The Morgan fingerprint density at radius 2 is 2.06 bits per heavy atom. The van der Waals surface area contributed by atoms with Gasteiger partial charge in [-0.05, 0) is 12.1 Å². The summed E-state index contributed by atoms with van der Waals surface area (Å²) in [5, 5.41) is 9.51. The van der Waals surface area contributed by atoms with Crippen LogP contribution in [0.25, 0.3) is 11.3 Å². The molecule has 2 aromatic rings. The van der Waals surface area contributed by atoms with Gasteiger partial charge in [-0.2, -0.15) is 0 Å². The number of ether oxygens (including phenoxy) is 1. The van der Waals surface area contributed by atoms with Crippen LogP contribution in [0.2, 0.25) is 5.02 Å². The standard InChI is InChI=1S/C12H9ClN2O3/c1-18-11-10(14-4-5-15-11)8-3-2-7(13)6-9(8)12(16)17/h2-6H,1H3,(H,16,17). The number of halogens is 1. The average Bonchev–Trinajstić information content (AvgIpc) is 2.38. The molecule has 92 valence electrons. The third kappa shape index (κ3) is 2.26. The number of aromatic carboxylic acids is 1. The van der Waals surface area contributed by atoms with Crippen molar-refractivity contribution < 1.29 is 14.6 Å². The summed E-state index contributed by atoms with van der Waals surface area (Å²) < 4.78 is 5.07. The predicted octanol–water partition coefficient (Wildman–Crippen LogP) is 2.50. The zero-order valence-corrected chi connectivity index (χ0v) is 10.2. The number of hydrogen-bond donors (Lipinski definition) is 1. The van der Waals surface area contributed by atoms with Gasteiger partial charge in [0.15, 0.2) is 0 Å². The zero-order valence-electron chi connectivity index (χ0n) is 9.42. The summed E-state index contributed by atoms with van der Waals surface area (Å²) in [4.78, 5) is 19.3. The number of carboxylic acid groups (broad SMARTS) is 1. The number of methoxy groups -OCH3 is 1. The van der Waals surface area contributed by atoms with Crippen LogP contribution in [0.15, 0.2) is 30.6 Å². The van der Waals surface area contributed by atoms with Crippen molar-refractivity contribution in [2.24, 2.45) is 0 Å². The fraction of sp³-hybridized carbons (Fsp3) is 0.0833. The lowest BCUT2D eigenvalue weighted by Crippen LogP contribution is -2.02. The molecule has 1 aromatic heterocycles. The highest BCUT2D eigenvalue weighted by Gasteiger charge is 2.17. The van der Waals surface area contributed by atoms with E-state index >= 15 is 0 Å². The fourth-order valence-corrected chi connectivity index (χ4v) is 1.73. The number of carbonyl (C=O) groups is 1. The molecular weight excluding hydrogens is 256 g/mol. The molecule has 5 nitrogen and oxygen atoms in total. The van der Waals surface area contributed by atoms with Crippen molar-refractivity contribution in [2.75, 3.05) is 7.11 Å². The molecule has 0 aliphatic rings. The molecule has 0 saturated heterocycles. The largest absolute Gasteiger partial charge is 0.479 e. The lowest BCUT2D eigenvalue weighted by molar-refractivity contribution is 0.0697. The normalized spacial score (nSPS) is 10.1. The second-order valence-electron chi connectivity index (χ2n) is 3.41. The Morgan fingerprint density at radius 3 is 2.72 bits per heavy atom. The summed E-state index contributed by atoms with van der Waals surface area (Å²) >= 11 is 5.79. The molecule has 2 rings (SSSR count). The number of benzene rings is 1. The molecule has 18 heavy (non-hydrogen) atoms. The van der Waals surface area contributed by atoms with Crippen LogP contribution in [0, 0.1) is 0 Å². The van der Waals surface area contributed by atoms with E-state index in [2.05, 4.69) is 9.97 Å². The van der Waals surface area contributed by atoms with Crippen LogP contribution in [0.5, 0.6) is 5.88 Å². The Bertz CT molecular complexity index is 602. The minimum Gasteiger partial charge on any atom is -0.479 e. The summed E-state index contributed by atoms with van der Waals surface area (Å²) in [6, 6.07) is 4.54. The summed E-state index contributed by atoms with van der Waals surface area (Å²) in [7, 11) is 1.45. The number of carboxylic acids is 1. The van der Waals surface area contributed by atoms with Gasteiger partial charge in [-0.1, -0.05) is 17.7 Å². The molecule has 0 fully saturated rings. The summed E-state index contributed by atoms with van der Waals surface area (Å²) in [5.41, 5.74) is 0.840. The number of hydrogen-bond acceptors (Lipinski definition) is 4. The van der Waals surface area contributed by atoms with E-state index in [-0.39, 0.29) is 11.4 Å². The molecule has 1 aromatic carbocycles. The van der Waals surface area contributed by atoms with Crippen molar-refractivity contribution in [3.63, 3.8) is 0 Å². The molecule has 6 heteroatoms. The first-order valence-corrected chi connectivity index (χ1v) is 5.39. The Morgan fingerprint density at radius 1 is 1.33 bits per heavy atom. The highest BCUT2D eigenvalue weighted by Crippen LogP contribution is 2.30. The molecule has 0 spiro atoms. The van der Waals surface area contributed by atoms with E-state index in [1.807, 2.05) is 0 Å². The Labute approximate surface area is 108 Å². The van der Waals surface area contributed by atoms with E-state index in [1.165, 1.54) is 25.6 Å². The van der Waals surface area contributed by atoms with Crippen LogP contribution in [0.1, 0.15) is 10.4 Å². The molecule has 0 saturated carbocycles. The zero-order chi connectivity index (χ0) is 13.1. The monoisotopic (exact) mass is 264 g/mol. The second-order valence-corrected chi connectivity index (χ2v) is 3.85. The van der Waals surface area contributed by atoms with Gasteiger partial charge in [-0.15, -0.1) is 0 Å². The minimum absolute atomic E-state index is 0.0568. The van der Waals surface area contributed by atoms with Crippen molar-refractivity contribution in [3.05, 3.63) is 41.2 Å². The van der Waals surface area contributed by atoms with Crippen LogP contribution in [-0.2, 0) is 0 Å². The van der Waals surface area contributed by atoms with Crippen LogP contribution in [0.3, 0.4) is 0 Å². The lowest BCUT2D eigenvalue weighted by atomic mass is 10.0. The smallest absolute Gasteiger partial charge is 0.336 e. The maximum absolute atomic E-state index is 11.2. The molecule has 1 heterocycles. The van der Waals surface area contributed by atoms with Gasteiger partial charge in [0.25, 0.3) is 0 Å². The second kappa shape index (κ2) is 5.01. The van der Waals surface area contributed by atoms with Crippen molar-refractivity contribution in [1.82, 2.24) is 9.97 Å². The van der Waals surface area contributed by atoms with E-state index in [0.717, 1.165) is 0 Å². The van der Waals surface area contributed by atoms with Crippen LogP contribution in [-0.4, -0.2) is 28.2 Å². The first-order chi connectivity index (χ1) is 8.63. The van der Waals surface area contributed by atoms with Gasteiger partial charge in [-0.3, -0.25) is 0 Å². The molecule has 0 amide bonds. The molecule has 0 bridgehead atoms. The van der Waals surface area contributed by atoms with Crippen molar-refractivity contribution in [1.29, 1.82) is 0 Å². The van der Waals surface area contributed by atoms with Gasteiger partial charge in [0.05, 0.1) is 12.7 Å². The van der Waals surface area contributed by atoms with Gasteiger partial charge in [0, 0.05) is 23.0 Å². The number of nitrogens with zero attached hydrogens (tertiary/aromatic N) is 2. The van der Waals surface area contributed by atoms with Crippen LogP contribution >= 0.6 is 11.6 Å². The molecule has 1 N–H and O–H groups in total. The van der Waals surface area contributed by atoms with E-state index in [4.69, 9.17) is 21.4 Å². The minimum atomic E-state index is -1.08. The predicted molar refractivity (Wildman–Crippen MR) is 66.0 cm³/mol. The fourth-order valence-electron chi connectivity index (χ4n) is 1.56. The van der Waals surface area contributed by atoms with Crippen LogP contribution < -0.4 is 4.74 Å². The molecule has 0 unspecified atom stereocenters. The van der Waals surface area contributed by atoms with Gasteiger partial charge in [-0.25, -0.2) is 14.8 Å². The quantitative estimate of drug-likeness (QED) is 0.922. The van der Waals surface area contributed by atoms with Crippen LogP contribution in [0.4, 0.5) is 0 Å². The summed E-state index contributed by atoms with van der Waals surface area (Å²) in [5.74, 6) is -0.817. The summed E-state index contributed by atoms with van der Waals surface area (Å²) in [6.45, 7) is 0. The van der Waals surface area contributed by atoms with Crippen molar-refractivity contribution in [3.8, 4) is 17.1 Å². The topological polar surface area (TPSA) is 72.3 Å². The van der Waals surface area contributed by atoms with Gasteiger partial charge < -0.3 is 9.84 Å². The van der Waals surface area contributed by atoms with Gasteiger partial charge in [0.2, 0.25) is 5.88 Å². The number of aromatic nitrogens is 2. The molecule has 0 aliphatic heterocycles. The highest BCUT2D eigenvalue weighted by molar-refractivity contribution is 6.31. The molecule has 0 radical (unpaired) electrons. The molecular formula is C12H9ClN2O3. The average molecular weight is 265 g/mol. The third-order valence-corrected chi connectivity index (χ3v) is 2.56. The maximum atomic E-state index is 11.2. The Kier molecular flexibility index (Phi) is 3.43. The number of rotatable bonds is 3. The van der Waals surface area contributed by atoms with Gasteiger partial charge in [0.1, 0.15) is 5.69 Å². The Hall–Kier alpha value is -2.14. The van der Waals surface area contributed by atoms with Crippen molar-refractivity contribution in [2.45, 2.75) is 0 Å². The van der Waals surface area contributed by atoms with E-state index in [1.54, 1.807) is 12.1 Å². The highest BCUT2D eigenvalue weighted by atomic mass is 35.5. The first-order valence-electron chi connectivity index (χ1n) is 5.01. The third-order valence-electron chi connectivity index (χ3n) is 2.33. The first kappa shape index (κ1) is 12.3. The van der Waals surface area contributed by atoms with Crippen molar-refractivity contribution >= 4 is 17.6 Å². The van der Waals surface area contributed by atoms with Gasteiger partial charge >= 0.3 is 5.97 Å². The molecule has 0 aliphatic carbocycles. The SMILES string of the molecule is COc1nccnc1-c1ccc(Cl)cc1C(=O)O. The van der Waals surface area contributed by atoms with E-state index < -0.39 is 5.97 Å². The molecule has 0 atom stereocenters. The lowest BCUT2D eigenvalue weighted by Gasteiger charge is -2.08.